The molecule has 0 radical (unpaired) electrons. The monoisotopic (exact) mass is 240 g/mol. The number of pyridine rings is 1. The molecule has 62 valence electrons. The van der Waals surface area contributed by atoms with Gasteiger partial charge in [0.2, 0.25) is 0 Å². The van der Waals surface area contributed by atoms with Crippen molar-refractivity contribution in [3.63, 3.8) is 0 Å². The first-order chi connectivity index (χ1) is 4.74. The molecule has 1 rings (SSSR count). The second kappa shape index (κ2) is 4.64. The predicted molar refractivity (Wildman–Crippen MR) is 47.0 cm³/mol. The average Bonchev–Trinajstić information content (AvgIpc) is 1.94. The Bertz CT molecular complexity index is 244. The first-order valence-corrected chi connectivity index (χ1v) is 3.53. The molecular formula is C6H7BrClFN2. The third-order valence-corrected chi connectivity index (χ3v) is 1.81. The quantitative estimate of drug-likeness (QED) is 0.762. The van der Waals surface area contributed by atoms with E-state index in [1.165, 1.54) is 6.07 Å². The van der Waals surface area contributed by atoms with Crippen LogP contribution in [0, 0.1) is 5.82 Å². The molecule has 0 aliphatic carbocycles. The highest BCUT2D eigenvalue weighted by molar-refractivity contribution is 9.10. The molecule has 2 N–H and O–H groups in total. The molecule has 0 aliphatic heterocycles. The maximum atomic E-state index is 12.4. The van der Waals surface area contributed by atoms with Crippen LogP contribution in [0.4, 0.5) is 4.39 Å². The van der Waals surface area contributed by atoms with E-state index < -0.39 is 0 Å². The van der Waals surface area contributed by atoms with Crippen molar-refractivity contribution in [3.8, 4) is 0 Å². The van der Waals surface area contributed by atoms with Crippen LogP contribution in [0.15, 0.2) is 16.9 Å². The molecule has 1 heterocycles. The Labute approximate surface area is 78.5 Å². The van der Waals surface area contributed by atoms with Gasteiger partial charge in [-0.2, -0.15) is 0 Å². The largest absolute Gasteiger partial charge is 0.326 e. The molecule has 0 atom stereocenters. The first kappa shape index (κ1) is 10.8. The molecule has 0 saturated heterocycles. The summed E-state index contributed by atoms with van der Waals surface area (Å²) >= 11 is 3.13. The minimum absolute atomic E-state index is 0. The zero-order valence-electron chi connectivity index (χ0n) is 5.55. The second-order valence-corrected chi connectivity index (χ2v) is 2.56. The standard InChI is InChI=1S/C6H6BrFN2.ClH/c7-6-4(2-9)1-5(8)3-10-6;/h1,3H,2,9H2;1H. The van der Waals surface area contributed by atoms with Crippen LogP contribution in [-0.2, 0) is 6.54 Å². The summed E-state index contributed by atoms with van der Waals surface area (Å²) in [7, 11) is 0. The summed E-state index contributed by atoms with van der Waals surface area (Å²) in [5, 5.41) is 0. The molecule has 11 heavy (non-hydrogen) atoms. The molecule has 0 aliphatic rings. The lowest BCUT2D eigenvalue weighted by Crippen LogP contribution is -1.99. The van der Waals surface area contributed by atoms with Crippen LogP contribution in [0.5, 0.6) is 0 Å². The van der Waals surface area contributed by atoms with E-state index in [-0.39, 0.29) is 18.2 Å². The summed E-state index contributed by atoms with van der Waals surface area (Å²) in [4.78, 5) is 3.71. The molecule has 1 aromatic rings. The number of hydrogen-bond acceptors (Lipinski definition) is 2. The maximum Gasteiger partial charge on any atom is 0.141 e. The highest BCUT2D eigenvalue weighted by Crippen LogP contribution is 2.12. The van der Waals surface area contributed by atoms with Gasteiger partial charge in [0.25, 0.3) is 0 Å². The Hall–Kier alpha value is -0.190. The Morgan fingerprint density at radius 2 is 2.27 bits per heavy atom. The molecular weight excluding hydrogens is 234 g/mol. The number of nitrogens with two attached hydrogens (primary N) is 1. The summed E-state index contributed by atoms with van der Waals surface area (Å²) < 4.78 is 13.0. The zero-order valence-corrected chi connectivity index (χ0v) is 7.95. The fraction of sp³-hybridized carbons (Fsp3) is 0.167. The van der Waals surface area contributed by atoms with Gasteiger partial charge in [-0.1, -0.05) is 0 Å². The molecule has 0 fully saturated rings. The average molecular weight is 241 g/mol. The van der Waals surface area contributed by atoms with Crippen molar-refractivity contribution in [1.29, 1.82) is 0 Å². The van der Waals surface area contributed by atoms with Crippen molar-refractivity contribution < 1.29 is 4.39 Å². The van der Waals surface area contributed by atoms with Crippen molar-refractivity contribution in [3.05, 3.63) is 28.2 Å². The number of hydrogen-bond donors (Lipinski definition) is 1. The van der Waals surface area contributed by atoms with Gasteiger partial charge < -0.3 is 5.73 Å². The van der Waals surface area contributed by atoms with Crippen LogP contribution >= 0.6 is 28.3 Å². The molecule has 5 heteroatoms. The Kier molecular flexibility index (Phi) is 4.56. The van der Waals surface area contributed by atoms with Crippen LogP contribution in [0.25, 0.3) is 0 Å². The lowest BCUT2D eigenvalue weighted by Gasteiger charge is -1.97. The SMILES string of the molecule is Cl.NCc1cc(F)cnc1Br. The van der Waals surface area contributed by atoms with Crippen LogP contribution in [0.3, 0.4) is 0 Å². The highest BCUT2D eigenvalue weighted by atomic mass is 79.9. The van der Waals surface area contributed by atoms with Gasteiger partial charge in [0.1, 0.15) is 10.4 Å². The number of rotatable bonds is 1. The Morgan fingerprint density at radius 3 is 2.73 bits per heavy atom. The van der Waals surface area contributed by atoms with E-state index in [9.17, 15) is 4.39 Å². The van der Waals surface area contributed by atoms with E-state index in [4.69, 9.17) is 5.73 Å². The van der Waals surface area contributed by atoms with Crippen LogP contribution in [0.1, 0.15) is 5.56 Å². The van der Waals surface area contributed by atoms with E-state index in [0.717, 1.165) is 6.20 Å². The molecule has 0 amide bonds. The van der Waals surface area contributed by atoms with E-state index in [1.54, 1.807) is 0 Å². The van der Waals surface area contributed by atoms with Gasteiger partial charge in [-0.25, -0.2) is 9.37 Å². The minimum atomic E-state index is -0.358. The smallest absolute Gasteiger partial charge is 0.141 e. The lowest BCUT2D eigenvalue weighted by atomic mass is 10.3. The van der Waals surface area contributed by atoms with Gasteiger partial charge in [-0.05, 0) is 22.0 Å². The number of halogens is 3. The molecule has 2 nitrogen and oxygen atoms in total. The van der Waals surface area contributed by atoms with Crippen LogP contribution in [0.2, 0.25) is 0 Å². The summed E-state index contributed by atoms with van der Waals surface area (Å²) in [6.45, 7) is 0.297. The van der Waals surface area contributed by atoms with E-state index in [0.29, 0.717) is 16.7 Å². The second-order valence-electron chi connectivity index (χ2n) is 1.81. The first-order valence-electron chi connectivity index (χ1n) is 2.74. The summed E-state index contributed by atoms with van der Waals surface area (Å²) in [6, 6.07) is 1.36. The third kappa shape index (κ3) is 2.73. The lowest BCUT2D eigenvalue weighted by molar-refractivity contribution is 0.617. The third-order valence-electron chi connectivity index (χ3n) is 1.10. The van der Waals surface area contributed by atoms with Crippen molar-refractivity contribution in [1.82, 2.24) is 4.98 Å². The van der Waals surface area contributed by atoms with Crippen molar-refractivity contribution in [2.24, 2.45) is 5.73 Å². The Morgan fingerprint density at radius 1 is 1.64 bits per heavy atom. The molecule has 0 aromatic carbocycles. The van der Waals surface area contributed by atoms with Gasteiger partial charge in [0.15, 0.2) is 0 Å². The molecule has 0 spiro atoms. The van der Waals surface area contributed by atoms with Crippen molar-refractivity contribution in [2.45, 2.75) is 6.54 Å². The van der Waals surface area contributed by atoms with Gasteiger partial charge in [0.05, 0.1) is 6.20 Å². The highest BCUT2D eigenvalue weighted by Gasteiger charge is 1.99. The van der Waals surface area contributed by atoms with Gasteiger partial charge in [0, 0.05) is 12.1 Å². The van der Waals surface area contributed by atoms with Crippen LogP contribution in [-0.4, -0.2) is 4.98 Å². The molecule has 0 bridgehead atoms. The zero-order chi connectivity index (χ0) is 7.56. The normalized spacial score (nSPS) is 9.00. The predicted octanol–water partition coefficient (Wildman–Crippen LogP) is 1.86. The maximum absolute atomic E-state index is 12.4. The molecule has 0 unspecified atom stereocenters. The summed E-state index contributed by atoms with van der Waals surface area (Å²) in [5.41, 5.74) is 5.96. The molecule has 1 aromatic heterocycles. The fourth-order valence-electron chi connectivity index (χ4n) is 0.608. The van der Waals surface area contributed by atoms with Gasteiger partial charge in [-0.15, -0.1) is 12.4 Å². The Balaban J connectivity index is 0.000001000. The number of aromatic nitrogens is 1. The summed E-state index contributed by atoms with van der Waals surface area (Å²) in [5.74, 6) is -0.358. The van der Waals surface area contributed by atoms with Crippen LogP contribution < -0.4 is 5.73 Å². The fourth-order valence-corrected chi connectivity index (χ4v) is 0.986. The summed E-state index contributed by atoms with van der Waals surface area (Å²) in [6.07, 6.45) is 1.14. The van der Waals surface area contributed by atoms with E-state index in [1.807, 2.05) is 0 Å². The van der Waals surface area contributed by atoms with Gasteiger partial charge in [-0.3, -0.25) is 0 Å². The van der Waals surface area contributed by atoms with Crippen molar-refractivity contribution in [2.75, 3.05) is 0 Å². The van der Waals surface area contributed by atoms with E-state index >= 15 is 0 Å². The van der Waals surface area contributed by atoms with Crippen molar-refractivity contribution >= 4 is 28.3 Å². The molecule has 0 saturated carbocycles. The number of nitrogens with zero attached hydrogens (tertiary/aromatic N) is 1. The minimum Gasteiger partial charge on any atom is -0.326 e. The van der Waals surface area contributed by atoms with E-state index in [2.05, 4.69) is 20.9 Å². The topological polar surface area (TPSA) is 38.9 Å². The van der Waals surface area contributed by atoms with Gasteiger partial charge >= 0.3 is 0 Å².